The molecule has 4 heteroatoms. The van der Waals surface area contributed by atoms with Crippen LogP contribution < -0.4 is 10.6 Å². The van der Waals surface area contributed by atoms with Crippen molar-refractivity contribution in [2.24, 2.45) is 0 Å². The number of rotatable bonds is 6. The Morgan fingerprint density at radius 1 is 1.05 bits per heavy atom. The van der Waals surface area contributed by atoms with Crippen LogP contribution in [0.4, 0.5) is 11.6 Å². The molecule has 2 N–H and O–H groups in total. The van der Waals surface area contributed by atoms with E-state index >= 15 is 0 Å². The maximum atomic E-state index is 4.66. The van der Waals surface area contributed by atoms with Crippen LogP contribution in [0.1, 0.15) is 33.6 Å². The van der Waals surface area contributed by atoms with Gasteiger partial charge in [-0.25, -0.2) is 9.97 Å². The van der Waals surface area contributed by atoms with Gasteiger partial charge in [0.15, 0.2) is 5.82 Å². The van der Waals surface area contributed by atoms with Crippen molar-refractivity contribution in [3.05, 3.63) is 36.4 Å². The highest BCUT2D eigenvalue weighted by Gasteiger charge is 2.17. The second kappa shape index (κ2) is 6.57. The minimum atomic E-state index is 0.0159. The number of hydrogen-bond acceptors (Lipinski definition) is 4. The second-order valence-corrected chi connectivity index (χ2v) is 5.84. The quantitative estimate of drug-likeness (QED) is 0.835. The van der Waals surface area contributed by atoms with E-state index in [1.54, 1.807) is 0 Å². The standard InChI is InChI=1S/C17H24N4/c1-5-11-17(2,3)21-15-12-14(18-4)19-16(20-15)13-9-7-6-8-10-13/h6-10,12H,5,11H2,1-4H3,(H2,18,19,20,21). The van der Waals surface area contributed by atoms with Crippen LogP contribution >= 0.6 is 0 Å². The molecule has 0 amide bonds. The summed E-state index contributed by atoms with van der Waals surface area (Å²) in [6.45, 7) is 6.58. The number of hydrogen-bond donors (Lipinski definition) is 2. The first kappa shape index (κ1) is 15.3. The number of benzene rings is 1. The molecule has 0 aliphatic carbocycles. The summed E-state index contributed by atoms with van der Waals surface area (Å²) in [5.74, 6) is 2.41. The Kier molecular flexibility index (Phi) is 4.78. The van der Waals surface area contributed by atoms with Gasteiger partial charge in [0.25, 0.3) is 0 Å². The first-order chi connectivity index (χ1) is 10.0. The molecule has 0 aliphatic rings. The van der Waals surface area contributed by atoms with Crippen molar-refractivity contribution in [2.75, 3.05) is 17.7 Å². The summed E-state index contributed by atoms with van der Waals surface area (Å²) in [6, 6.07) is 12.0. The van der Waals surface area contributed by atoms with E-state index in [1.165, 1.54) is 0 Å². The molecule has 0 spiro atoms. The fourth-order valence-electron chi connectivity index (χ4n) is 2.39. The molecule has 0 saturated carbocycles. The fourth-order valence-corrected chi connectivity index (χ4v) is 2.39. The second-order valence-electron chi connectivity index (χ2n) is 5.84. The smallest absolute Gasteiger partial charge is 0.163 e. The van der Waals surface area contributed by atoms with E-state index in [-0.39, 0.29) is 5.54 Å². The molecule has 0 atom stereocenters. The van der Waals surface area contributed by atoms with Crippen LogP contribution in [-0.4, -0.2) is 22.6 Å². The van der Waals surface area contributed by atoms with Gasteiger partial charge in [-0.2, -0.15) is 0 Å². The predicted molar refractivity (Wildman–Crippen MR) is 89.6 cm³/mol. The van der Waals surface area contributed by atoms with Gasteiger partial charge in [0, 0.05) is 24.2 Å². The molecule has 0 bridgehead atoms. The molecule has 21 heavy (non-hydrogen) atoms. The Hall–Kier alpha value is -2.10. The molecule has 0 unspecified atom stereocenters. The molecule has 4 nitrogen and oxygen atoms in total. The van der Waals surface area contributed by atoms with Crippen molar-refractivity contribution in [3.63, 3.8) is 0 Å². The van der Waals surface area contributed by atoms with Crippen LogP contribution in [0.5, 0.6) is 0 Å². The molecule has 1 aromatic heterocycles. The largest absolute Gasteiger partial charge is 0.373 e. The molecule has 1 aromatic carbocycles. The van der Waals surface area contributed by atoms with E-state index in [0.29, 0.717) is 0 Å². The van der Waals surface area contributed by atoms with Crippen LogP contribution in [0.3, 0.4) is 0 Å². The molecule has 0 radical (unpaired) electrons. The topological polar surface area (TPSA) is 49.8 Å². The van der Waals surface area contributed by atoms with E-state index < -0.39 is 0 Å². The van der Waals surface area contributed by atoms with E-state index in [4.69, 9.17) is 0 Å². The zero-order chi connectivity index (χ0) is 15.3. The monoisotopic (exact) mass is 284 g/mol. The Balaban J connectivity index is 2.34. The average molecular weight is 284 g/mol. The summed E-state index contributed by atoms with van der Waals surface area (Å²) in [5.41, 5.74) is 1.04. The minimum Gasteiger partial charge on any atom is -0.373 e. The lowest BCUT2D eigenvalue weighted by Gasteiger charge is -2.26. The highest BCUT2D eigenvalue weighted by Crippen LogP contribution is 2.23. The lowest BCUT2D eigenvalue weighted by molar-refractivity contribution is 0.509. The molecule has 1 heterocycles. The van der Waals surface area contributed by atoms with Gasteiger partial charge >= 0.3 is 0 Å². The van der Waals surface area contributed by atoms with Crippen LogP contribution in [0, 0.1) is 0 Å². The molecule has 0 saturated heterocycles. The van der Waals surface area contributed by atoms with E-state index in [0.717, 1.165) is 35.9 Å². The Labute approximate surface area is 127 Å². The normalized spacial score (nSPS) is 11.2. The van der Waals surface area contributed by atoms with Gasteiger partial charge in [0.1, 0.15) is 11.6 Å². The van der Waals surface area contributed by atoms with Crippen molar-refractivity contribution < 1.29 is 0 Å². The molecule has 0 aliphatic heterocycles. The number of nitrogens with zero attached hydrogens (tertiary/aromatic N) is 2. The predicted octanol–water partition coefficient (Wildman–Crippen LogP) is 4.18. The highest BCUT2D eigenvalue weighted by atomic mass is 15.1. The summed E-state index contributed by atoms with van der Waals surface area (Å²) in [4.78, 5) is 9.19. The SMILES string of the molecule is CCCC(C)(C)Nc1cc(NC)nc(-c2ccccc2)n1. The first-order valence-corrected chi connectivity index (χ1v) is 7.44. The summed E-state index contributed by atoms with van der Waals surface area (Å²) in [7, 11) is 1.87. The first-order valence-electron chi connectivity index (χ1n) is 7.44. The van der Waals surface area contributed by atoms with E-state index in [2.05, 4.69) is 41.4 Å². The van der Waals surface area contributed by atoms with Crippen LogP contribution in [0.2, 0.25) is 0 Å². The lowest BCUT2D eigenvalue weighted by atomic mass is 9.99. The Morgan fingerprint density at radius 3 is 2.33 bits per heavy atom. The number of nitrogens with one attached hydrogen (secondary N) is 2. The molecule has 112 valence electrons. The minimum absolute atomic E-state index is 0.0159. The third-order valence-electron chi connectivity index (χ3n) is 3.36. The van der Waals surface area contributed by atoms with Crippen LogP contribution in [-0.2, 0) is 0 Å². The zero-order valence-corrected chi connectivity index (χ0v) is 13.3. The van der Waals surface area contributed by atoms with Crippen molar-refractivity contribution in [2.45, 2.75) is 39.2 Å². The summed E-state index contributed by atoms with van der Waals surface area (Å²) in [5, 5.41) is 6.62. The summed E-state index contributed by atoms with van der Waals surface area (Å²) in [6.07, 6.45) is 2.22. The molecule has 0 fully saturated rings. The Morgan fingerprint density at radius 2 is 1.71 bits per heavy atom. The Bertz CT molecular complexity index is 579. The number of anilines is 2. The van der Waals surface area contributed by atoms with Crippen LogP contribution in [0.15, 0.2) is 36.4 Å². The van der Waals surface area contributed by atoms with Gasteiger partial charge in [0.05, 0.1) is 0 Å². The van der Waals surface area contributed by atoms with Crippen molar-refractivity contribution in [1.29, 1.82) is 0 Å². The molecular weight excluding hydrogens is 260 g/mol. The van der Waals surface area contributed by atoms with Gasteiger partial charge in [-0.15, -0.1) is 0 Å². The lowest BCUT2D eigenvalue weighted by Crippen LogP contribution is -2.31. The van der Waals surface area contributed by atoms with Crippen LogP contribution in [0.25, 0.3) is 11.4 Å². The summed E-state index contributed by atoms with van der Waals surface area (Å²) >= 11 is 0. The van der Waals surface area contributed by atoms with Gasteiger partial charge in [-0.1, -0.05) is 43.7 Å². The zero-order valence-electron chi connectivity index (χ0n) is 13.3. The maximum Gasteiger partial charge on any atom is 0.163 e. The van der Waals surface area contributed by atoms with Gasteiger partial charge in [0.2, 0.25) is 0 Å². The van der Waals surface area contributed by atoms with Gasteiger partial charge < -0.3 is 10.6 Å². The number of aromatic nitrogens is 2. The van der Waals surface area contributed by atoms with Crippen molar-refractivity contribution in [3.8, 4) is 11.4 Å². The van der Waals surface area contributed by atoms with Gasteiger partial charge in [-0.05, 0) is 20.3 Å². The summed E-state index contributed by atoms with van der Waals surface area (Å²) < 4.78 is 0. The molecular formula is C17H24N4. The van der Waals surface area contributed by atoms with E-state index in [9.17, 15) is 0 Å². The van der Waals surface area contributed by atoms with E-state index in [1.807, 2.05) is 43.4 Å². The third kappa shape index (κ3) is 4.18. The third-order valence-corrected chi connectivity index (χ3v) is 3.36. The van der Waals surface area contributed by atoms with Gasteiger partial charge in [-0.3, -0.25) is 0 Å². The molecule has 2 rings (SSSR count). The fraction of sp³-hybridized carbons (Fsp3) is 0.412. The maximum absolute atomic E-state index is 4.66. The molecule has 2 aromatic rings. The van der Waals surface area contributed by atoms with Crippen molar-refractivity contribution in [1.82, 2.24) is 9.97 Å². The average Bonchev–Trinajstić information content (AvgIpc) is 2.47. The highest BCUT2D eigenvalue weighted by molar-refractivity contribution is 5.61. The van der Waals surface area contributed by atoms with Crippen molar-refractivity contribution >= 4 is 11.6 Å².